The maximum Gasteiger partial charge on any atom is 0.269 e. The molecule has 144 valence electrons. The highest BCUT2D eigenvalue weighted by Crippen LogP contribution is 2.35. The summed E-state index contributed by atoms with van der Waals surface area (Å²) in [7, 11) is 0. The van der Waals surface area contributed by atoms with Crippen LogP contribution < -0.4 is 5.32 Å². The molecule has 0 aliphatic heterocycles. The summed E-state index contributed by atoms with van der Waals surface area (Å²) in [4.78, 5) is 18.4. The summed E-state index contributed by atoms with van der Waals surface area (Å²) in [5, 5.41) is 12.3. The number of rotatable bonds is 7. The number of thioether (sulfide) groups is 1. The SMILES string of the molecule is C=CCSc1nnc(NC(=O)c2sc(-c3ccccc3)nc2-c2ccccc2)s1. The van der Waals surface area contributed by atoms with Crippen molar-refractivity contribution < 1.29 is 4.79 Å². The normalized spacial score (nSPS) is 10.6. The van der Waals surface area contributed by atoms with E-state index in [-0.39, 0.29) is 5.91 Å². The fraction of sp³-hybridized carbons (Fsp3) is 0.0476. The smallest absolute Gasteiger partial charge is 0.269 e. The molecule has 2 aromatic carbocycles. The lowest BCUT2D eigenvalue weighted by atomic mass is 10.1. The standard InChI is InChI=1S/C21H16N4OS3/c1-2-13-27-21-25-24-20(29-21)23-18(26)17-16(14-9-5-3-6-10-14)22-19(28-17)15-11-7-4-8-12-15/h2-12H,1,13H2,(H,23,24,26). The molecule has 4 aromatic rings. The number of carbonyl (C=O) groups excluding carboxylic acids is 1. The molecular weight excluding hydrogens is 420 g/mol. The molecule has 0 saturated carbocycles. The summed E-state index contributed by atoms with van der Waals surface area (Å²) in [6, 6.07) is 19.6. The summed E-state index contributed by atoms with van der Waals surface area (Å²) in [6.45, 7) is 3.70. The van der Waals surface area contributed by atoms with Gasteiger partial charge >= 0.3 is 0 Å². The van der Waals surface area contributed by atoms with Crippen molar-refractivity contribution in [1.29, 1.82) is 0 Å². The molecule has 29 heavy (non-hydrogen) atoms. The number of benzene rings is 2. The minimum absolute atomic E-state index is 0.236. The molecule has 1 amide bonds. The van der Waals surface area contributed by atoms with Gasteiger partial charge in [-0.25, -0.2) is 4.98 Å². The summed E-state index contributed by atoms with van der Waals surface area (Å²) in [5.41, 5.74) is 2.54. The van der Waals surface area contributed by atoms with Crippen LogP contribution in [-0.2, 0) is 0 Å². The van der Waals surface area contributed by atoms with Gasteiger partial charge in [-0.05, 0) is 0 Å². The van der Waals surface area contributed by atoms with Crippen molar-refractivity contribution in [1.82, 2.24) is 15.2 Å². The van der Waals surface area contributed by atoms with Crippen molar-refractivity contribution >= 4 is 45.5 Å². The highest BCUT2D eigenvalue weighted by atomic mass is 32.2. The van der Waals surface area contributed by atoms with Gasteiger partial charge in [0.2, 0.25) is 5.13 Å². The Morgan fingerprint density at radius 1 is 1.00 bits per heavy atom. The molecule has 0 aliphatic rings. The summed E-state index contributed by atoms with van der Waals surface area (Å²) < 4.78 is 0.790. The van der Waals surface area contributed by atoms with Crippen LogP contribution in [0, 0.1) is 0 Å². The van der Waals surface area contributed by atoms with E-state index >= 15 is 0 Å². The Bertz CT molecular complexity index is 1120. The first-order chi connectivity index (χ1) is 14.2. The molecule has 0 bridgehead atoms. The third-order valence-electron chi connectivity index (χ3n) is 3.85. The van der Waals surface area contributed by atoms with Crippen LogP contribution in [0.4, 0.5) is 5.13 Å². The van der Waals surface area contributed by atoms with E-state index in [2.05, 4.69) is 22.1 Å². The van der Waals surface area contributed by atoms with Crippen molar-refractivity contribution in [2.75, 3.05) is 11.1 Å². The van der Waals surface area contributed by atoms with E-state index in [4.69, 9.17) is 4.98 Å². The number of nitrogens with one attached hydrogen (secondary N) is 1. The minimum Gasteiger partial charge on any atom is -0.296 e. The number of amides is 1. The lowest BCUT2D eigenvalue weighted by Crippen LogP contribution is -2.11. The van der Waals surface area contributed by atoms with E-state index in [9.17, 15) is 4.79 Å². The van der Waals surface area contributed by atoms with Gasteiger partial charge in [0.05, 0.1) is 5.69 Å². The monoisotopic (exact) mass is 436 g/mol. The van der Waals surface area contributed by atoms with E-state index in [1.807, 2.05) is 60.7 Å². The van der Waals surface area contributed by atoms with Crippen molar-refractivity contribution in [2.24, 2.45) is 0 Å². The van der Waals surface area contributed by atoms with Crippen LogP contribution in [0.3, 0.4) is 0 Å². The predicted octanol–water partition coefficient (Wildman–Crippen LogP) is 5.86. The molecule has 0 radical (unpaired) electrons. The quantitative estimate of drug-likeness (QED) is 0.223. The zero-order valence-electron chi connectivity index (χ0n) is 15.2. The van der Waals surface area contributed by atoms with E-state index in [0.29, 0.717) is 15.7 Å². The van der Waals surface area contributed by atoms with Crippen LogP contribution in [-0.4, -0.2) is 26.8 Å². The first-order valence-electron chi connectivity index (χ1n) is 8.75. The average Bonchev–Trinajstić information content (AvgIpc) is 3.41. The molecule has 2 aromatic heterocycles. The van der Waals surface area contributed by atoms with Crippen LogP contribution in [0.2, 0.25) is 0 Å². The molecule has 5 nitrogen and oxygen atoms in total. The van der Waals surface area contributed by atoms with Crippen LogP contribution in [0.25, 0.3) is 21.8 Å². The molecule has 0 atom stereocenters. The van der Waals surface area contributed by atoms with Crippen LogP contribution in [0.1, 0.15) is 9.67 Å². The fourth-order valence-electron chi connectivity index (χ4n) is 2.57. The summed E-state index contributed by atoms with van der Waals surface area (Å²) in [5.74, 6) is 0.510. The summed E-state index contributed by atoms with van der Waals surface area (Å²) >= 11 is 4.25. The first kappa shape index (κ1) is 19.5. The van der Waals surface area contributed by atoms with Crippen LogP contribution in [0.5, 0.6) is 0 Å². The number of carbonyl (C=O) groups is 1. The second-order valence-electron chi connectivity index (χ2n) is 5.86. The molecule has 0 spiro atoms. The van der Waals surface area contributed by atoms with Gasteiger partial charge in [0.1, 0.15) is 9.88 Å². The Morgan fingerprint density at radius 3 is 2.38 bits per heavy atom. The van der Waals surface area contributed by atoms with Crippen molar-refractivity contribution in [3.63, 3.8) is 0 Å². The van der Waals surface area contributed by atoms with Gasteiger partial charge in [-0.3, -0.25) is 10.1 Å². The van der Waals surface area contributed by atoms with Gasteiger partial charge in [0, 0.05) is 16.9 Å². The molecule has 0 saturated heterocycles. The molecule has 0 fully saturated rings. The van der Waals surface area contributed by atoms with Gasteiger partial charge in [-0.15, -0.1) is 28.1 Å². The zero-order valence-corrected chi connectivity index (χ0v) is 17.7. The number of nitrogens with zero attached hydrogens (tertiary/aromatic N) is 3. The zero-order chi connectivity index (χ0) is 20.1. The van der Waals surface area contributed by atoms with E-state index < -0.39 is 0 Å². The fourth-order valence-corrected chi connectivity index (χ4v) is 5.07. The largest absolute Gasteiger partial charge is 0.296 e. The number of hydrogen-bond acceptors (Lipinski definition) is 7. The number of thiazole rings is 1. The summed E-state index contributed by atoms with van der Waals surface area (Å²) in [6.07, 6.45) is 1.80. The number of hydrogen-bond donors (Lipinski definition) is 1. The molecule has 0 unspecified atom stereocenters. The second kappa shape index (κ2) is 9.13. The Morgan fingerprint density at radius 2 is 1.69 bits per heavy atom. The van der Waals surface area contributed by atoms with Crippen LogP contribution >= 0.6 is 34.4 Å². The Kier molecular flexibility index (Phi) is 6.14. The van der Waals surface area contributed by atoms with E-state index in [0.717, 1.165) is 26.2 Å². The lowest BCUT2D eigenvalue weighted by molar-refractivity contribution is 0.103. The topological polar surface area (TPSA) is 67.8 Å². The van der Waals surface area contributed by atoms with E-state index in [1.54, 1.807) is 6.08 Å². The van der Waals surface area contributed by atoms with Gasteiger partial charge in [0.15, 0.2) is 4.34 Å². The lowest BCUT2D eigenvalue weighted by Gasteiger charge is -2.02. The number of aromatic nitrogens is 3. The van der Waals surface area contributed by atoms with E-state index in [1.165, 1.54) is 34.4 Å². The Hall–Kier alpha value is -2.81. The van der Waals surface area contributed by atoms with Gasteiger partial charge in [-0.2, -0.15) is 0 Å². The molecule has 4 rings (SSSR count). The third kappa shape index (κ3) is 4.61. The van der Waals surface area contributed by atoms with Gasteiger partial charge in [-0.1, -0.05) is 89.8 Å². The second-order valence-corrected chi connectivity index (χ2v) is 9.10. The molecule has 8 heteroatoms. The molecule has 1 N–H and O–H groups in total. The van der Waals surface area contributed by atoms with Gasteiger partial charge in [0.25, 0.3) is 5.91 Å². The van der Waals surface area contributed by atoms with Crippen LogP contribution in [0.15, 0.2) is 77.7 Å². The maximum absolute atomic E-state index is 13.1. The van der Waals surface area contributed by atoms with Crippen molar-refractivity contribution in [3.8, 4) is 21.8 Å². The maximum atomic E-state index is 13.1. The molecular formula is C21H16N4OS3. The Balaban J connectivity index is 1.66. The number of anilines is 1. The average molecular weight is 437 g/mol. The third-order valence-corrected chi connectivity index (χ3v) is 6.92. The highest BCUT2D eigenvalue weighted by Gasteiger charge is 2.21. The van der Waals surface area contributed by atoms with Crippen molar-refractivity contribution in [3.05, 3.63) is 78.2 Å². The Labute approximate surface area is 180 Å². The highest BCUT2D eigenvalue weighted by molar-refractivity contribution is 8.01. The molecule has 2 heterocycles. The van der Waals surface area contributed by atoms with Gasteiger partial charge < -0.3 is 0 Å². The first-order valence-corrected chi connectivity index (χ1v) is 11.4. The predicted molar refractivity (Wildman–Crippen MR) is 122 cm³/mol. The molecule has 0 aliphatic carbocycles. The minimum atomic E-state index is -0.236. The van der Waals surface area contributed by atoms with Crippen molar-refractivity contribution in [2.45, 2.75) is 4.34 Å².